The number of carbonyl (C=O) groups is 1. The Morgan fingerprint density at radius 3 is 2.92 bits per heavy atom. The van der Waals surface area contributed by atoms with Crippen LogP contribution in [0.3, 0.4) is 0 Å². The highest BCUT2D eigenvalue weighted by Crippen LogP contribution is 2.19. The van der Waals surface area contributed by atoms with Crippen molar-refractivity contribution in [3.63, 3.8) is 0 Å². The highest BCUT2D eigenvalue weighted by Gasteiger charge is 2.12. The molecule has 2 aromatic heterocycles. The summed E-state index contributed by atoms with van der Waals surface area (Å²) in [4.78, 5) is 30.5. The zero-order valence-corrected chi connectivity index (χ0v) is 13.3. The molecule has 0 fully saturated rings. The number of carbonyl (C=O) groups excluding carboxylic acids is 1. The fourth-order valence-electron chi connectivity index (χ4n) is 2.28. The zero-order chi connectivity index (χ0) is 17.1. The second-order valence-electron chi connectivity index (χ2n) is 5.48. The molecule has 1 amide bonds. The summed E-state index contributed by atoms with van der Waals surface area (Å²) in [6.07, 6.45) is 1.71. The molecule has 1 unspecified atom stereocenters. The number of aryl methyl sites for hydroxylation is 1. The lowest BCUT2D eigenvalue weighted by Crippen LogP contribution is -2.31. The van der Waals surface area contributed by atoms with Crippen LogP contribution in [0, 0.1) is 6.92 Å². The molecule has 0 saturated carbocycles. The van der Waals surface area contributed by atoms with Crippen LogP contribution in [0.25, 0.3) is 11.0 Å². The zero-order valence-electron chi connectivity index (χ0n) is 13.3. The van der Waals surface area contributed by atoms with Crippen LogP contribution in [0.1, 0.15) is 24.5 Å². The van der Waals surface area contributed by atoms with E-state index in [1.807, 2.05) is 13.8 Å². The number of aromatic nitrogens is 2. The molecule has 1 atom stereocenters. The van der Waals surface area contributed by atoms with Gasteiger partial charge in [-0.25, -0.2) is 9.78 Å². The van der Waals surface area contributed by atoms with Gasteiger partial charge in [0.05, 0.1) is 6.04 Å². The Kier molecular flexibility index (Phi) is 4.33. The van der Waals surface area contributed by atoms with Gasteiger partial charge in [0.1, 0.15) is 17.2 Å². The summed E-state index contributed by atoms with van der Waals surface area (Å²) in [5, 5.41) is 3.58. The molecule has 0 radical (unpaired) electrons. The maximum atomic E-state index is 12.0. The van der Waals surface area contributed by atoms with Crippen molar-refractivity contribution in [1.29, 1.82) is 0 Å². The second kappa shape index (κ2) is 6.57. The number of hydrogen-bond acceptors (Lipinski definition) is 5. The van der Waals surface area contributed by atoms with E-state index in [-0.39, 0.29) is 18.6 Å². The summed E-state index contributed by atoms with van der Waals surface area (Å²) >= 11 is 0. The third-order valence-corrected chi connectivity index (χ3v) is 3.47. The SMILES string of the molecule is Cc1cnc(C(C)NC(=O)COc2ccc3ccc(=O)oc3c2)[nH]1. The third kappa shape index (κ3) is 3.62. The molecule has 3 rings (SSSR count). The van der Waals surface area contributed by atoms with Crippen LogP contribution in [0.15, 0.2) is 45.7 Å². The molecule has 0 aliphatic heterocycles. The van der Waals surface area contributed by atoms with E-state index in [4.69, 9.17) is 9.15 Å². The topological polar surface area (TPSA) is 97.2 Å². The first-order chi connectivity index (χ1) is 11.5. The summed E-state index contributed by atoms with van der Waals surface area (Å²) < 4.78 is 10.5. The molecular weight excluding hydrogens is 310 g/mol. The van der Waals surface area contributed by atoms with E-state index in [1.54, 1.807) is 30.5 Å². The minimum absolute atomic E-state index is 0.146. The summed E-state index contributed by atoms with van der Waals surface area (Å²) in [6.45, 7) is 3.58. The summed E-state index contributed by atoms with van der Waals surface area (Å²) in [6, 6.07) is 7.85. The van der Waals surface area contributed by atoms with Gasteiger partial charge in [0, 0.05) is 29.4 Å². The Bertz CT molecular complexity index is 929. The van der Waals surface area contributed by atoms with Gasteiger partial charge in [-0.2, -0.15) is 0 Å². The van der Waals surface area contributed by atoms with Crippen molar-refractivity contribution in [1.82, 2.24) is 15.3 Å². The quantitative estimate of drug-likeness (QED) is 0.699. The van der Waals surface area contributed by atoms with Gasteiger partial charge in [-0.3, -0.25) is 4.79 Å². The van der Waals surface area contributed by atoms with Crippen molar-refractivity contribution in [3.8, 4) is 5.75 Å². The van der Waals surface area contributed by atoms with Crippen LogP contribution >= 0.6 is 0 Å². The van der Waals surface area contributed by atoms with Gasteiger partial charge in [0.15, 0.2) is 6.61 Å². The number of nitrogens with zero attached hydrogens (tertiary/aromatic N) is 1. The summed E-state index contributed by atoms with van der Waals surface area (Å²) in [5.41, 5.74) is 0.916. The van der Waals surface area contributed by atoms with Gasteiger partial charge in [0.25, 0.3) is 5.91 Å². The van der Waals surface area contributed by atoms with Crippen molar-refractivity contribution >= 4 is 16.9 Å². The molecule has 0 spiro atoms. The van der Waals surface area contributed by atoms with Gasteiger partial charge in [-0.05, 0) is 32.0 Å². The average molecular weight is 327 g/mol. The number of rotatable bonds is 5. The van der Waals surface area contributed by atoms with Crippen molar-refractivity contribution in [2.75, 3.05) is 6.61 Å². The van der Waals surface area contributed by atoms with Crippen LogP contribution in [0.4, 0.5) is 0 Å². The van der Waals surface area contributed by atoms with E-state index in [2.05, 4.69) is 15.3 Å². The fourth-order valence-corrected chi connectivity index (χ4v) is 2.28. The monoisotopic (exact) mass is 327 g/mol. The number of nitrogens with one attached hydrogen (secondary N) is 2. The summed E-state index contributed by atoms with van der Waals surface area (Å²) in [7, 11) is 0. The minimum atomic E-state index is -0.431. The molecule has 7 heteroatoms. The maximum Gasteiger partial charge on any atom is 0.336 e. The Morgan fingerprint density at radius 1 is 1.38 bits per heavy atom. The molecule has 0 aliphatic carbocycles. The van der Waals surface area contributed by atoms with E-state index < -0.39 is 5.63 Å². The smallest absolute Gasteiger partial charge is 0.336 e. The fraction of sp³-hybridized carbons (Fsp3) is 0.235. The lowest BCUT2D eigenvalue weighted by atomic mass is 10.2. The first-order valence-corrected chi connectivity index (χ1v) is 7.49. The standard InChI is InChI=1S/C17H17N3O4/c1-10-8-18-17(19-10)11(2)20-15(21)9-23-13-5-3-12-4-6-16(22)24-14(12)7-13/h3-8,11H,9H2,1-2H3,(H,18,19)(H,20,21). The number of ether oxygens (including phenoxy) is 1. The van der Waals surface area contributed by atoms with Crippen LogP contribution in [0.2, 0.25) is 0 Å². The molecule has 1 aromatic carbocycles. The Morgan fingerprint density at radius 2 is 2.17 bits per heavy atom. The number of aromatic amines is 1. The van der Waals surface area contributed by atoms with Gasteiger partial charge in [-0.1, -0.05) is 0 Å². The molecule has 0 aliphatic rings. The van der Waals surface area contributed by atoms with Gasteiger partial charge >= 0.3 is 5.63 Å². The Balaban J connectivity index is 1.60. The third-order valence-electron chi connectivity index (χ3n) is 3.47. The van der Waals surface area contributed by atoms with Crippen molar-refractivity contribution in [3.05, 3.63) is 58.5 Å². The number of amides is 1. The van der Waals surface area contributed by atoms with Crippen molar-refractivity contribution in [2.45, 2.75) is 19.9 Å². The second-order valence-corrected chi connectivity index (χ2v) is 5.48. The van der Waals surface area contributed by atoms with E-state index in [0.29, 0.717) is 17.2 Å². The van der Waals surface area contributed by atoms with E-state index in [0.717, 1.165) is 11.1 Å². The highest BCUT2D eigenvalue weighted by molar-refractivity contribution is 5.79. The number of imidazole rings is 1. The molecule has 124 valence electrons. The maximum absolute atomic E-state index is 12.0. The van der Waals surface area contributed by atoms with E-state index in [1.165, 1.54) is 6.07 Å². The Hall–Kier alpha value is -3.09. The molecule has 3 aromatic rings. The van der Waals surface area contributed by atoms with Crippen LogP contribution in [-0.4, -0.2) is 22.5 Å². The molecule has 0 bridgehead atoms. The first kappa shape index (κ1) is 15.8. The molecule has 24 heavy (non-hydrogen) atoms. The molecular formula is C17H17N3O4. The number of benzene rings is 1. The largest absolute Gasteiger partial charge is 0.484 e. The molecule has 2 N–H and O–H groups in total. The van der Waals surface area contributed by atoms with Gasteiger partial charge < -0.3 is 19.5 Å². The molecule has 2 heterocycles. The lowest BCUT2D eigenvalue weighted by Gasteiger charge is -2.12. The van der Waals surface area contributed by atoms with Crippen molar-refractivity contribution < 1.29 is 13.9 Å². The number of H-pyrrole nitrogens is 1. The predicted molar refractivity (Wildman–Crippen MR) is 87.9 cm³/mol. The highest BCUT2D eigenvalue weighted by atomic mass is 16.5. The van der Waals surface area contributed by atoms with Gasteiger partial charge in [-0.15, -0.1) is 0 Å². The Labute approximate surface area is 137 Å². The first-order valence-electron chi connectivity index (χ1n) is 7.49. The van der Waals surface area contributed by atoms with Gasteiger partial charge in [0.2, 0.25) is 0 Å². The number of hydrogen-bond donors (Lipinski definition) is 2. The minimum Gasteiger partial charge on any atom is -0.484 e. The van der Waals surface area contributed by atoms with Crippen molar-refractivity contribution in [2.24, 2.45) is 0 Å². The normalized spacial score (nSPS) is 12.1. The molecule has 0 saturated heterocycles. The van der Waals surface area contributed by atoms with E-state index in [9.17, 15) is 9.59 Å². The lowest BCUT2D eigenvalue weighted by molar-refractivity contribution is -0.123. The van der Waals surface area contributed by atoms with E-state index >= 15 is 0 Å². The van der Waals surface area contributed by atoms with Crippen LogP contribution in [0.5, 0.6) is 5.75 Å². The predicted octanol–water partition coefficient (Wildman–Crippen LogP) is 2.08. The summed E-state index contributed by atoms with van der Waals surface area (Å²) in [5.74, 6) is 0.869. The van der Waals surface area contributed by atoms with Crippen LogP contribution in [-0.2, 0) is 4.79 Å². The van der Waals surface area contributed by atoms with Crippen LogP contribution < -0.4 is 15.7 Å². The average Bonchev–Trinajstić information content (AvgIpc) is 2.99. The molecule has 7 nitrogen and oxygen atoms in total. The number of fused-ring (bicyclic) bond motifs is 1.